The zero-order valence-corrected chi connectivity index (χ0v) is 27.8. The van der Waals surface area contributed by atoms with Crippen molar-refractivity contribution in [1.82, 2.24) is 5.32 Å². The van der Waals surface area contributed by atoms with E-state index in [1.54, 1.807) is 25.2 Å². The molecule has 2 aromatic rings. The van der Waals surface area contributed by atoms with Gasteiger partial charge in [-0.2, -0.15) is 57.1 Å². The first-order valence-electron chi connectivity index (χ1n) is 15.4. The number of aliphatic hydroxyl groups excluding tert-OH is 1. The fourth-order valence-electron chi connectivity index (χ4n) is 5.26. The van der Waals surface area contributed by atoms with Gasteiger partial charge < -0.3 is 20.6 Å². The molecule has 292 valence electrons. The number of amides is 2. The Kier molecular flexibility index (Phi) is 12.5. The maximum atomic E-state index is 14.0. The number of allylic oxidation sites excluding steroid dienone is 3. The highest BCUT2D eigenvalue weighted by Crippen LogP contribution is 2.60. The molecular formula is C34H32F13N3O3. The molecule has 0 unspecified atom stereocenters. The Hall–Kier alpha value is -4.55. The van der Waals surface area contributed by atoms with Gasteiger partial charge in [-0.25, -0.2) is 0 Å². The van der Waals surface area contributed by atoms with Gasteiger partial charge in [0.2, 0.25) is 11.8 Å². The molecule has 2 aromatic carbocycles. The molecule has 0 radical (unpaired) electrons. The van der Waals surface area contributed by atoms with Crippen LogP contribution in [0, 0.1) is 5.92 Å². The summed E-state index contributed by atoms with van der Waals surface area (Å²) in [6.07, 6.45) is -3.04. The van der Waals surface area contributed by atoms with Gasteiger partial charge >= 0.3 is 35.8 Å². The largest absolute Gasteiger partial charge is 0.460 e. The molecule has 2 atom stereocenters. The number of hydrogen-bond donors (Lipinski definition) is 3. The molecule has 53 heavy (non-hydrogen) atoms. The number of fused-ring (bicyclic) bond motifs is 1. The number of alkyl halides is 13. The summed E-state index contributed by atoms with van der Waals surface area (Å²) in [6.45, 7) is 3.45. The molecule has 19 heteroatoms. The highest BCUT2D eigenvalue weighted by Gasteiger charge is 2.90. The molecule has 6 nitrogen and oxygen atoms in total. The molecule has 0 saturated carbocycles. The third-order valence-electron chi connectivity index (χ3n) is 8.10. The molecule has 0 bridgehead atoms. The van der Waals surface area contributed by atoms with Gasteiger partial charge in [-0.1, -0.05) is 62.4 Å². The van der Waals surface area contributed by atoms with E-state index in [9.17, 15) is 71.8 Å². The van der Waals surface area contributed by atoms with Crippen LogP contribution >= 0.6 is 0 Å². The van der Waals surface area contributed by atoms with Gasteiger partial charge in [-0.15, -0.1) is 0 Å². The molecule has 1 aliphatic heterocycles. The van der Waals surface area contributed by atoms with Crippen LogP contribution in [0.3, 0.4) is 0 Å². The lowest BCUT2D eigenvalue weighted by Crippen LogP contribution is -2.69. The van der Waals surface area contributed by atoms with Gasteiger partial charge in [0.05, 0.1) is 12.6 Å². The summed E-state index contributed by atoms with van der Waals surface area (Å²) in [5.74, 6) is -38.2. The van der Waals surface area contributed by atoms with Gasteiger partial charge in [0.25, 0.3) is 0 Å². The maximum absolute atomic E-state index is 14.0. The van der Waals surface area contributed by atoms with E-state index in [0.29, 0.717) is 11.3 Å². The highest BCUT2D eigenvalue weighted by molar-refractivity contribution is 5.99. The standard InChI is InChI=1S/C34H32F13N3O3/c1-19(2)27-28(53)49-24(18-51)17-22-16-23(12-13-25(22)50(27)3)48-26(52)7-5-4-6-20-8-10-21(11-9-20)14-15-29(35,36)30(37,38)31(39,40)32(41,42)33(43,44)34(45,46)47/h4-16,19,24,27,51H,17-18H2,1-3H3,(H,48,52)(H,49,53)/b6-4+,7-5+,15-14+/t24-,27-/m0/s1. The molecule has 2 amide bonds. The zero-order chi connectivity index (χ0) is 40.4. The van der Waals surface area contributed by atoms with Gasteiger partial charge in [0.1, 0.15) is 6.04 Å². The van der Waals surface area contributed by atoms with E-state index in [2.05, 4.69) is 10.6 Å². The number of aliphatic hydroxyl groups is 1. The number of carbonyl (C=O) groups is 2. The SMILES string of the molecule is CC(C)[C@H]1C(=O)N[C@H](CO)Cc2cc(NC(=O)/C=C/C=C/c3ccc(/C=C/C(F)(F)C(F)(F)C(F)(F)C(F)(F)C(F)(F)C(F)(F)F)cc3)ccc2N1C. The van der Waals surface area contributed by atoms with Crippen LogP contribution in [0.15, 0.2) is 66.8 Å². The van der Waals surface area contributed by atoms with Crippen LogP contribution in [0.4, 0.5) is 68.5 Å². The van der Waals surface area contributed by atoms with Crippen molar-refractivity contribution in [3.63, 3.8) is 0 Å². The normalized spacial score (nSPS) is 18.5. The Bertz CT molecular complexity index is 1720. The Morgan fingerprint density at radius 1 is 0.849 bits per heavy atom. The Morgan fingerprint density at radius 2 is 1.40 bits per heavy atom. The molecule has 0 saturated heterocycles. The fraction of sp³-hybridized carbons (Fsp3) is 0.412. The van der Waals surface area contributed by atoms with E-state index in [4.69, 9.17) is 0 Å². The van der Waals surface area contributed by atoms with Crippen LogP contribution in [-0.2, 0) is 16.0 Å². The molecule has 0 spiro atoms. The predicted octanol–water partition coefficient (Wildman–Crippen LogP) is 8.14. The first-order valence-corrected chi connectivity index (χ1v) is 15.4. The zero-order valence-electron chi connectivity index (χ0n) is 27.8. The van der Waals surface area contributed by atoms with E-state index in [0.717, 1.165) is 29.5 Å². The number of carbonyl (C=O) groups excluding carboxylic acids is 2. The lowest BCUT2D eigenvalue weighted by atomic mass is 9.93. The van der Waals surface area contributed by atoms with Crippen LogP contribution in [0.1, 0.15) is 30.5 Å². The van der Waals surface area contributed by atoms with Crippen LogP contribution in [0.5, 0.6) is 0 Å². The summed E-state index contributed by atoms with van der Waals surface area (Å²) < 4.78 is 173. The first kappa shape index (κ1) is 42.9. The van der Waals surface area contributed by atoms with Crippen molar-refractivity contribution < 1.29 is 71.8 Å². The molecule has 3 rings (SSSR count). The Morgan fingerprint density at radius 3 is 1.92 bits per heavy atom. The van der Waals surface area contributed by atoms with Crippen LogP contribution in [0.2, 0.25) is 0 Å². The van der Waals surface area contributed by atoms with Crippen LogP contribution in [0.25, 0.3) is 12.2 Å². The minimum atomic E-state index is -7.97. The van der Waals surface area contributed by atoms with Crippen molar-refractivity contribution in [2.75, 3.05) is 23.9 Å². The molecular weight excluding hydrogens is 745 g/mol. The smallest absolute Gasteiger partial charge is 0.394 e. The summed E-state index contributed by atoms with van der Waals surface area (Å²) in [6, 6.07) is 8.24. The summed E-state index contributed by atoms with van der Waals surface area (Å²) in [7, 11) is 1.76. The first-order chi connectivity index (χ1) is 24.2. The lowest BCUT2D eigenvalue weighted by molar-refractivity contribution is -0.436. The summed E-state index contributed by atoms with van der Waals surface area (Å²) in [5.41, 5.74) is 1.78. The van der Waals surface area contributed by atoms with Gasteiger partial charge in [-0.05, 0) is 53.3 Å². The number of halogens is 13. The second-order valence-electron chi connectivity index (χ2n) is 12.4. The van der Waals surface area contributed by atoms with Gasteiger partial charge in [0.15, 0.2) is 0 Å². The number of anilines is 2. The average molecular weight is 778 g/mol. The van der Waals surface area contributed by atoms with Crippen LogP contribution in [-0.4, -0.2) is 78.4 Å². The van der Waals surface area contributed by atoms with Crippen molar-refractivity contribution in [2.24, 2.45) is 5.92 Å². The van der Waals surface area contributed by atoms with E-state index < -0.39 is 65.4 Å². The minimum absolute atomic E-state index is 0.0342. The quantitative estimate of drug-likeness (QED) is 0.116. The Balaban J connectivity index is 1.68. The lowest BCUT2D eigenvalue weighted by Gasteiger charge is -2.39. The van der Waals surface area contributed by atoms with Gasteiger partial charge in [0, 0.05) is 24.5 Å². The molecule has 0 aliphatic carbocycles. The summed E-state index contributed by atoms with van der Waals surface area (Å²) in [5, 5.41) is 15.3. The molecule has 1 heterocycles. The van der Waals surface area contributed by atoms with Crippen molar-refractivity contribution in [3.05, 3.63) is 83.5 Å². The van der Waals surface area contributed by atoms with Crippen LogP contribution < -0.4 is 15.5 Å². The molecule has 0 fully saturated rings. The van der Waals surface area contributed by atoms with E-state index >= 15 is 0 Å². The monoisotopic (exact) mass is 777 g/mol. The van der Waals surface area contributed by atoms with E-state index in [1.165, 1.54) is 30.4 Å². The van der Waals surface area contributed by atoms with Gasteiger partial charge in [-0.3, -0.25) is 9.59 Å². The van der Waals surface area contributed by atoms with E-state index in [-0.39, 0.29) is 30.9 Å². The van der Waals surface area contributed by atoms with Crippen molar-refractivity contribution in [2.45, 2.75) is 68.1 Å². The number of nitrogens with zero attached hydrogens (tertiary/aromatic N) is 1. The molecule has 1 aliphatic rings. The maximum Gasteiger partial charge on any atom is 0.460 e. The average Bonchev–Trinajstić information content (AvgIpc) is 3.04. The highest BCUT2D eigenvalue weighted by atomic mass is 19.4. The molecule has 0 aromatic heterocycles. The number of hydrogen-bond acceptors (Lipinski definition) is 4. The molecule has 3 N–H and O–H groups in total. The van der Waals surface area contributed by atoms with Crippen molar-refractivity contribution in [1.29, 1.82) is 0 Å². The number of rotatable bonds is 12. The summed E-state index contributed by atoms with van der Waals surface area (Å²) >= 11 is 0. The number of benzene rings is 2. The second-order valence-corrected chi connectivity index (χ2v) is 12.4. The third kappa shape index (κ3) is 8.65. The van der Waals surface area contributed by atoms with E-state index in [1.807, 2.05) is 18.7 Å². The predicted molar refractivity (Wildman–Crippen MR) is 169 cm³/mol. The second kappa shape index (κ2) is 15.4. The number of nitrogens with one attached hydrogen (secondary N) is 2. The fourth-order valence-corrected chi connectivity index (χ4v) is 5.26. The van der Waals surface area contributed by atoms with Crippen molar-refractivity contribution in [3.8, 4) is 0 Å². The van der Waals surface area contributed by atoms with Crippen molar-refractivity contribution >= 4 is 35.3 Å². The minimum Gasteiger partial charge on any atom is -0.394 e. The third-order valence-corrected chi connectivity index (χ3v) is 8.10. The topological polar surface area (TPSA) is 81.7 Å². The Labute approximate surface area is 294 Å². The summed E-state index contributed by atoms with van der Waals surface area (Å²) in [4.78, 5) is 27.1. The number of likely N-dealkylation sites (N-methyl/N-ethyl adjacent to an activating group) is 1.